The van der Waals surface area contributed by atoms with E-state index >= 15 is 0 Å². The van der Waals surface area contributed by atoms with E-state index in [4.69, 9.17) is 4.74 Å². The number of hydrogen-bond donors (Lipinski definition) is 0. The fraction of sp³-hybridized carbons (Fsp3) is 0.267. The van der Waals surface area contributed by atoms with Gasteiger partial charge in [0.1, 0.15) is 0 Å². The van der Waals surface area contributed by atoms with E-state index in [0.29, 0.717) is 0 Å². The Kier molecular flexibility index (Phi) is 5.69. The minimum Gasteiger partial charge on any atom is -0.484 e. The molecule has 0 amide bonds. The highest BCUT2D eigenvalue weighted by Gasteiger charge is 2.11. The number of unbranched alkanes of at least 4 members (excludes halogenated alkanes) is 5. The normalized spacial score (nSPS) is 12.0. The van der Waals surface area contributed by atoms with E-state index in [-0.39, 0.29) is 0 Å². The second-order valence-corrected chi connectivity index (χ2v) is 11.0. The summed E-state index contributed by atoms with van der Waals surface area (Å²) in [4.78, 5) is 0. The van der Waals surface area contributed by atoms with Crippen LogP contribution < -0.4 is 4.74 Å². The third-order valence-corrected chi connectivity index (χ3v) is 8.74. The molecule has 0 atom stereocenters. The van der Waals surface area contributed by atoms with Gasteiger partial charge in [-0.2, -0.15) is 0 Å². The first-order valence-corrected chi connectivity index (χ1v) is 13.8. The molecule has 0 saturated heterocycles. The number of rotatable bonds is 8. The van der Waals surface area contributed by atoms with Crippen molar-refractivity contribution < 1.29 is 4.74 Å². The van der Waals surface area contributed by atoms with Gasteiger partial charge in [0.25, 0.3) is 0 Å². The first kappa shape index (κ1) is 20.9. The predicted octanol–water partition coefficient (Wildman–Crippen LogP) is 10.3. The molecule has 0 aliphatic carbocycles. The molecule has 1 nitrogen and oxygen atoms in total. The zero-order chi connectivity index (χ0) is 22.2. The van der Waals surface area contributed by atoms with Crippen molar-refractivity contribution in [2.24, 2.45) is 0 Å². The highest BCUT2D eigenvalue weighted by atomic mass is 32.1. The van der Waals surface area contributed by atoms with Crippen molar-refractivity contribution in [3.05, 3.63) is 66.0 Å². The molecule has 0 radical (unpaired) electrons. The number of benzene rings is 4. The highest BCUT2D eigenvalue weighted by Crippen LogP contribution is 2.41. The Morgan fingerprint density at radius 3 is 1.88 bits per heavy atom. The molecule has 2 heterocycles. The zero-order valence-corrected chi connectivity index (χ0v) is 20.7. The molecule has 0 saturated carbocycles. The van der Waals surface area contributed by atoms with Crippen LogP contribution in [0.3, 0.4) is 0 Å². The van der Waals surface area contributed by atoms with E-state index in [0.717, 1.165) is 18.1 Å². The van der Waals surface area contributed by atoms with Gasteiger partial charge in [-0.15, -0.1) is 11.3 Å². The second-order valence-electron chi connectivity index (χ2n) is 8.97. The molecule has 6 aromatic rings. The van der Waals surface area contributed by atoms with Crippen molar-refractivity contribution in [2.45, 2.75) is 45.4 Å². The third kappa shape index (κ3) is 3.78. The molecular weight excluding hydrogens is 440 g/mol. The standard InChI is InChI=1S/C30H28OS2/c1-2-3-4-5-6-7-17-31-30-19-27-25-11-9-20-21(23(25)13-15-29(27)33-30)8-10-24-22(20)12-14-28-26(24)16-18-32-28/h8-16,18-19H,2-7,17H2,1H3. The molecule has 0 N–H and O–H groups in total. The average Bonchev–Trinajstić information content (AvgIpc) is 3.49. The van der Waals surface area contributed by atoms with E-state index in [2.05, 4.69) is 73.0 Å². The Morgan fingerprint density at radius 2 is 1.15 bits per heavy atom. The molecule has 3 heteroatoms. The van der Waals surface area contributed by atoms with Crippen LogP contribution in [0.15, 0.2) is 66.0 Å². The van der Waals surface area contributed by atoms with Crippen LogP contribution in [0.1, 0.15) is 45.4 Å². The number of hydrogen-bond acceptors (Lipinski definition) is 3. The smallest absolute Gasteiger partial charge is 0.174 e. The Bertz CT molecular complexity index is 1590. The maximum Gasteiger partial charge on any atom is 0.174 e. The quantitative estimate of drug-likeness (QED) is 0.159. The van der Waals surface area contributed by atoms with E-state index in [1.54, 1.807) is 11.3 Å². The summed E-state index contributed by atoms with van der Waals surface area (Å²) >= 11 is 3.59. The minimum absolute atomic E-state index is 0.822. The predicted molar refractivity (Wildman–Crippen MR) is 149 cm³/mol. The van der Waals surface area contributed by atoms with Crippen molar-refractivity contribution in [3.63, 3.8) is 0 Å². The lowest BCUT2D eigenvalue weighted by Gasteiger charge is -2.09. The molecule has 4 aromatic carbocycles. The molecule has 0 spiro atoms. The van der Waals surface area contributed by atoms with E-state index < -0.39 is 0 Å². The van der Waals surface area contributed by atoms with Crippen molar-refractivity contribution >= 4 is 75.2 Å². The Balaban J connectivity index is 1.34. The molecule has 0 aliphatic rings. The summed E-state index contributed by atoms with van der Waals surface area (Å²) in [7, 11) is 0. The largest absolute Gasteiger partial charge is 0.484 e. The maximum absolute atomic E-state index is 6.14. The van der Waals surface area contributed by atoms with Crippen LogP contribution in [0, 0.1) is 0 Å². The molecule has 0 fully saturated rings. The molecule has 6 rings (SSSR count). The fourth-order valence-corrected chi connectivity index (χ4v) is 6.87. The molecule has 166 valence electrons. The first-order chi connectivity index (χ1) is 16.3. The lowest BCUT2D eigenvalue weighted by atomic mass is 9.95. The fourth-order valence-electron chi connectivity index (χ4n) is 5.11. The summed E-state index contributed by atoms with van der Waals surface area (Å²) in [5, 5.41) is 13.9. The average molecular weight is 469 g/mol. The van der Waals surface area contributed by atoms with Gasteiger partial charge in [-0.05, 0) is 62.3 Å². The first-order valence-electron chi connectivity index (χ1n) is 12.1. The van der Waals surface area contributed by atoms with Crippen LogP contribution in [0.5, 0.6) is 5.06 Å². The minimum atomic E-state index is 0.822. The number of thiophene rings is 2. The maximum atomic E-state index is 6.14. The third-order valence-electron chi connectivity index (χ3n) is 6.84. The van der Waals surface area contributed by atoms with Crippen molar-refractivity contribution in [3.8, 4) is 5.06 Å². The summed E-state index contributed by atoms with van der Waals surface area (Å²) < 4.78 is 8.81. The van der Waals surface area contributed by atoms with Crippen molar-refractivity contribution in [2.75, 3.05) is 6.61 Å². The van der Waals surface area contributed by atoms with Crippen molar-refractivity contribution in [1.82, 2.24) is 0 Å². The van der Waals surface area contributed by atoms with Crippen LogP contribution in [0.25, 0.3) is 52.5 Å². The summed E-state index contributed by atoms with van der Waals surface area (Å²) in [5.41, 5.74) is 0. The lowest BCUT2D eigenvalue weighted by Crippen LogP contribution is -1.95. The Labute approximate surface area is 202 Å². The van der Waals surface area contributed by atoms with Crippen LogP contribution in [-0.4, -0.2) is 6.61 Å². The summed E-state index contributed by atoms with van der Waals surface area (Å²) in [6.07, 6.45) is 7.75. The van der Waals surface area contributed by atoms with Gasteiger partial charge in [-0.3, -0.25) is 0 Å². The van der Waals surface area contributed by atoms with Gasteiger partial charge in [0.15, 0.2) is 5.06 Å². The molecule has 2 aromatic heterocycles. The van der Waals surface area contributed by atoms with E-state index in [1.165, 1.54) is 84.6 Å². The molecule has 0 bridgehead atoms. The van der Waals surface area contributed by atoms with Gasteiger partial charge in [-0.25, -0.2) is 0 Å². The van der Waals surface area contributed by atoms with Crippen LogP contribution in [-0.2, 0) is 0 Å². The van der Waals surface area contributed by atoms with Gasteiger partial charge < -0.3 is 4.74 Å². The Hall–Kier alpha value is -2.62. The van der Waals surface area contributed by atoms with Gasteiger partial charge >= 0.3 is 0 Å². The monoisotopic (exact) mass is 468 g/mol. The van der Waals surface area contributed by atoms with Crippen LogP contribution >= 0.6 is 22.7 Å². The van der Waals surface area contributed by atoms with Crippen LogP contribution in [0.2, 0.25) is 0 Å². The highest BCUT2D eigenvalue weighted by molar-refractivity contribution is 7.21. The molecule has 0 unspecified atom stereocenters. The van der Waals surface area contributed by atoms with Crippen molar-refractivity contribution in [1.29, 1.82) is 0 Å². The summed E-state index contributed by atoms with van der Waals surface area (Å²) in [6, 6.07) is 22.9. The summed E-state index contributed by atoms with van der Waals surface area (Å²) in [5.74, 6) is 0. The van der Waals surface area contributed by atoms with Gasteiger partial charge in [0, 0.05) is 26.2 Å². The summed E-state index contributed by atoms with van der Waals surface area (Å²) in [6.45, 7) is 3.09. The topological polar surface area (TPSA) is 9.23 Å². The SMILES string of the molecule is CCCCCCCCOc1cc2c(ccc3c2ccc2c4ccc5sccc5c4ccc32)s1. The van der Waals surface area contributed by atoms with Gasteiger partial charge in [0.2, 0.25) is 0 Å². The number of fused-ring (bicyclic) bond motifs is 9. The molecule has 0 aliphatic heterocycles. The van der Waals surface area contributed by atoms with E-state index in [1.807, 2.05) is 11.3 Å². The van der Waals surface area contributed by atoms with Gasteiger partial charge in [0.05, 0.1) is 6.61 Å². The van der Waals surface area contributed by atoms with E-state index in [9.17, 15) is 0 Å². The molecular formula is C30H28OS2. The van der Waals surface area contributed by atoms with Gasteiger partial charge in [-0.1, -0.05) is 86.8 Å². The second kappa shape index (κ2) is 8.96. The van der Waals surface area contributed by atoms with Crippen LogP contribution in [0.4, 0.5) is 0 Å². The lowest BCUT2D eigenvalue weighted by molar-refractivity contribution is 0.313. The Morgan fingerprint density at radius 1 is 0.576 bits per heavy atom. The molecule has 33 heavy (non-hydrogen) atoms. The zero-order valence-electron chi connectivity index (χ0n) is 19.0. The number of ether oxygens (including phenoxy) is 1.